The Morgan fingerprint density at radius 1 is 1.27 bits per heavy atom. The summed E-state index contributed by atoms with van der Waals surface area (Å²) in [5.41, 5.74) is 0.160. The Labute approximate surface area is 93.0 Å². The molecule has 1 atom stereocenters. The van der Waals surface area contributed by atoms with E-state index >= 15 is 0 Å². The normalized spacial score (nSPS) is 31.2. The van der Waals surface area contributed by atoms with Crippen molar-refractivity contribution in [1.82, 2.24) is 10.6 Å². The molecule has 2 fully saturated rings. The van der Waals surface area contributed by atoms with E-state index in [1.54, 1.807) is 0 Å². The van der Waals surface area contributed by atoms with Gasteiger partial charge >= 0.3 is 0 Å². The molecule has 2 aliphatic heterocycles. The summed E-state index contributed by atoms with van der Waals surface area (Å²) in [6.07, 6.45) is 4.66. The molecular formula is C12H24N2O. The van der Waals surface area contributed by atoms with Gasteiger partial charge in [-0.15, -0.1) is 0 Å². The Morgan fingerprint density at radius 2 is 2.00 bits per heavy atom. The first-order valence-electron chi connectivity index (χ1n) is 6.39. The maximum absolute atomic E-state index is 5.97. The zero-order valence-electron chi connectivity index (χ0n) is 10.0. The molecule has 0 saturated carbocycles. The molecule has 0 bridgehead atoms. The molecule has 3 nitrogen and oxygen atoms in total. The van der Waals surface area contributed by atoms with E-state index in [0.29, 0.717) is 12.1 Å². The van der Waals surface area contributed by atoms with Gasteiger partial charge in [0.25, 0.3) is 0 Å². The first-order valence-corrected chi connectivity index (χ1v) is 6.39. The summed E-state index contributed by atoms with van der Waals surface area (Å²) in [6.45, 7) is 7.71. The lowest BCUT2D eigenvalue weighted by atomic mass is 9.85. The van der Waals surface area contributed by atoms with Crippen LogP contribution in [0.5, 0.6) is 0 Å². The van der Waals surface area contributed by atoms with Crippen LogP contribution in [0.3, 0.4) is 0 Å². The Kier molecular flexibility index (Phi) is 3.65. The zero-order valence-corrected chi connectivity index (χ0v) is 10.0. The van der Waals surface area contributed by atoms with E-state index in [9.17, 15) is 0 Å². The summed E-state index contributed by atoms with van der Waals surface area (Å²) >= 11 is 0. The van der Waals surface area contributed by atoms with Gasteiger partial charge in [0, 0.05) is 31.8 Å². The molecule has 15 heavy (non-hydrogen) atoms. The first kappa shape index (κ1) is 11.4. The van der Waals surface area contributed by atoms with Gasteiger partial charge in [-0.25, -0.2) is 0 Å². The van der Waals surface area contributed by atoms with Crippen LogP contribution in [0.2, 0.25) is 0 Å². The van der Waals surface area contributed by atoms with Crippen molar-refractivity contribution in [2.24, 2.45) is 0 Å². The van der Waals surface area contributed by atoms with Gasteiger partial charge in [0.2, 0.25) is 0 Å². The largest absolute Gasteiger partial charge is 0.375 e. The summed E-state index contributed by atoms with van der Waals surface area (Å²) in [7, 11) is 0. The molecule has 88 valence electrons. The van der Waals surface area contributed by atoms with Gasteiger partial charge in [-0.3, -0.25) is 0 Å². The van der Waals surface area contributed by atoms with E-state index in [-0.39, 0.29) is 5.60 Å². The van der Waals surface area contributed by atoms with Crippen molar-refractivity contribution in [2.75, 3.05) is 19.7 Å². The summed E-state index contributed by atoms with van der Waals surface area (Å²) in [5, 5.41) is 7.04. The lowest BCUT2D eigenvalue weighted by Crippen LogP contribution is -2.60. The molecule has 0 spiro atoms. The fourth-order valence-electron chi connectivity index (χ4n) is 2.65. The molecule has 0 aromatic rings. The van der Waals surface area contributed by atoms with Gasteiger partial charge in [0.05, 0.1) is 5.60 Å². The minimum atomic E-state index is 0.160. The number of hydrogen-bond donors (Lipinski definition) is 2. The highest BCUT2D eigenvalue weighted by Crippen LogP contribution is 2.31. The van der Waals surface area contributed by atoms with E-state index in [1.165, 1.54) is 12.8 Å². The van der Waals surface area contributed by atoms with Crippen molar-refractivity contribution in [3.05, 3.63) is 0 Å². The predicted octanol–water partition coefficient (Wildman–Crippen LogP) is 1.29. The fraction of sp³-hybridized carbons (Fsp3) is 1.00. The fourth-order valence-corrected chi connectivity index (χ4v) is 2.65. The SMILES string of the molecule is CCC1(CC)CC(NC2CNC2)CCO1. The van der Waals surface area contributed by atoms with E-state index in [0.717, 1.165) is 32.5 Å². The van der Waals surface area contributed by atoms with Crippen molar-refractivity contribution in [3.8, 4) is 0 Å². The average Bonchev–Trinajstić information content (AvgIpc) is 2.24. The first-order chi connectivity index (χ1) is 7.28. The van der Waals surface area contributed by atoms with Crippen LogP contribution in [0.4, 0.5) is 0 Å². The molecule has 0 amide bonds. The van der Waals surface area contributed by atoms with Crippen LogP contribution in [0.25, 0.3) is 0 Å². The number of rotatable bonds is 4. The number of hydrogen-bond acceptors (Lipinski definition) is 3. The smallest absolute Gasteiger partial charge is 0.0692 e. The molecule has 2 aliphatic rings. The van der Waals surface area contributed by atoms with Crippen molar-refractivity contribution >= 4 is 0 Å². The van der Waals surface area contributed by atoms with Crippen molar-refractivity contribution in [3.63, 3.8) is 0 Å². The van der Waals surface area contributed by atoms with Crippen LogP contribution in [-0.2, 0) is 4.74 Å². The van der Waals surface area contributed by atoms with Crippen LogP contribution in [0.1, 0.15) is 39.5 Å². The second-order valence-electron chi connectivity index (χ2n) is 4.95. The molecule has 2 heterocycles. The highest BCUT2D eigenvalue weighted by molar-refractivity contribution is 4.92. The average molecular weight is 212 g/mol. The molecular weight excluding hydrogens is 188 g/mol. The highest BCUT2D eigenvalue weighted by Gasteiger charge is 2.35. The maximum atomic E-state index is 5.97. The number of ether oxygens (including phenoxy) is 1. The molecule has 3 heteroatoms. The molecule has 2 saturated heterocycles. The van der Waals surface area contributed by atoms with Gasteiger partial charge < -0.3 is 15.4 Å². The maximum Gasteiger partial charge on any atom is 0.0692 e. The minimum absolute atomic E-state index is 0.160. The molecule has 1 unspecified atom stereocenters. The van der Waals surface area contributed by atoms with Gasteiger partial charge in [0.15, 0.2) is 0 Å². The van der Waals surface area contributed by atoms with E-state index in [4.69, 9.17) is 4.74 Å². The van der Waals surface area contributed by atoms with E-state index in [2.05, 4.69) is 24.5 Å². The Morgan fingerprint density at radius 3 is 2.53 bits per heavy atom. The van der Waals surface area contributed by atoms with Gasteiger partial charge in [0.1, 0.15) is 0 Å². The van der Waals surface area contributed by atoms with Crippen LogP contribution in [0.15, 0.2) is 0 Å². The van der Waals surface area contributed by atoms with Crippen molar-refractivity contribution in [2.45, 2.75) is 57.2 Å². The van der Waals surface area contributed by atoms with Crippen LogP contribution in [-0.4, -0.2) is 37.4 Å². The molecule has 2 rings (SSSR count). The monoisotopic (exact) mass is 212 g/mol. The molecule has 0 aromatic carbocycles. The topological polar surface area (TPSA) is 33.3 Å². The lowest BCUT2D eigenvalue weighted by molar-refractivity contribution is -0.0946. The van der Waals surface area contributed by atoms with Crippen molar-refractivity contribution < 1.29 is 4.74 Å². The predicted molar refractivity (Wildman–Crippen MR) is 62.1 cm³/mol. The third-order valence-corrected chi connectivity index (χ3v) is 4.03. The molecule has 0 radical (unpaired) electrons. The second kappa shape index (κ2) is 4.81. The highest BCUT2D eigenvalue weighted by atomic mass is 16.5. The van der Waals surface area contributed by atoms with Gasteiger partial charge in [-0.05, 0) is 25.7 Å². The summed E-state index contributed by atoms with van der Waals surface area (Å²) in [5.74, 6) is 0. The minimum Gasteiger partial charge on any atom is -0.375 e. The van der Waals surface area contributed by atoms with Crippen LogP contribution < -0.4 is 10.6 Å². The molecule has 0 aliphatic carbocycles. The molecule has 2 N–H and O–H groups in total. The lowest BCUT2D eigenvalue weighted by Gasteiger charge is -2.42. The Bertz CT molecular complexity index is 200. The number of nitrogens with one attached hydrogen (secondary N) is 2. The summed E-state index contributed by atoms with van der Waals surface area (Å²) < 4.78 is 5.97. The van der Waals surface area contributed by atoms with E-state index < -0.39 is 0 Å². The van der Waals surface area contributed by atoms with E-state index in [1.807, 2.05) is 0 Å². The van der Waals surface area contributed by atoms with Crippen molar-refractivity contribution in [1.29, 1.82) is 0 Å². The Hall–Kier alpha value is -0.120. The third-order valence-electron chi connectivity index (χ3n) is 4.03. The quantitative estimate of drug-likeness (QED) is 0.736. The third kappa shape index (κ3) is 2.52. The standard InChI is InChI=1S/C12H24N2O/c1-3-12(4-2)7-10(5-6-15-12)14-11-8-13-9-11/h10-11,13-14H,3-9H2,1-2H3. The summed E-state index contributed by atoms with van der Waals surface area (Å²) in [6, 6.07) is 1.38. The zero-order chi connectivity index (χ0) is 10.7. The molecule has 0 aromatic heterocycles. The van der Waals surface area contributed by atoms with Gasteiger partial charge in [-0.1, -0.05) is 13.8 Å². The van der Waals surface area contributed by atoms with Gasteiger partial charge in [-0.2, -0.15) is 0 Å². The summed E-state index contributed by atoms with van der Waals surface area (Å²) in [4.78, 5) is 0. The Balaban J connectivity index is 1.85. The van der Waals surface area contributed by atoms with Crippen LogP contribution in [0, 0.1) is 0 Å². The second-order valence-corrected chi connectivity index (χ2v) is 4.95. The van der Waals surface area contributed by atoms with Crippen LogP contribution >= 0.6 is 0 Å².